The minimum Gasteiger partial charge on any atom is -0.338 e. The van der Waals surface area contributed by atoms with E-state index in [1.165, 1.54) is 10.8 Å². The van der Waals surface area contributed by atoms with E-state index in [4.69, 9.17) is 9.78 Å². The Balaban J connectivity index is 1.85. The Morgan fingerprint density at radius 1 is 1.48 bits per heavy atom. The van der Waals surface area contributed by atoms with Crippen molar-refractivity contribution in [3.8, 4) is 6.07 Å². The summed E-state index contributed by atoms with van der Waals surface area (Å²) in [7, 11) is 0. The van der Waals surface area contributed by atoms with Crippen molar-refractivity contribution in [2.24, 2.45) is 0 Å². The molecule has 0 saturated heterocycles. The Bertz CT molecular complexity index is 972. The number of nitrogens with one attached hydrogen (secondary N) is 1. The van der Waals surface area contributed by atoms with E-state index in [9.17, 15) is 14.4 Å². The fourth-order valence-electron chi connectivity index (χ4n) is 2.39. The predicted molar refractivity (Wildman–Crippen MR) is 87.2 cm³/mol. The minimum atomic E-state index is -0.778. The van der Waals surface area contributed by atoms with Gasteiger partial charge in [0.25, 0.3) is 5.56 Å². The molecular weight excluding hydrogens is 326 g/mol. The molecule has 2 heterocycles. The van der Waals surface area contributed by atoms with Gasteiger partial charge in [0, 0.05) is 18.3 Å². The lowest BCUT2D eigenvalue weighted by molar-refractivity contribution is -0.117. The number of carbonyl (C=O) groups is 1. The molecule has 0 bridgehead atoms. The average molecular weight is 343 g/mol. The molecule has 2 aromatic rings. The third-order valence-electron chi connectivity index (χ3n) is 3.94. The number of rotatable bonds is 5. The summed E-state index contributed by atoms with van der Waals surface area (Å²) in [5, 5.41) is 15.4. The molecule has 0 aromatic carbocycles. The van der Waals surface area contributed by atoms with Crippen LogP contribution in [0.1, 0.15) is 49.9 Å². The molecule has 0 radical (unpaired) electrons. The Labute approximate surface area is 142 Å². The Morgan fingerprint density at radius 2 is 2.20 bits per heavy atom. The van der Waals surface area contributed by atoms with Crippen LogP contribution in [0, 0.1) is 11.3 Å². The van der Waals surface area contributed by atoms with Gasteiger partial charge in [0.15, 0.2) is 0 Å². The zero-order valence-electron chi connectivity index (χ0n) is 13.9. The SMILES string of the molecule is CC(C)c1cc(NC(=O)Cn2c(=O)c(C#N)cn(C3CC3)c2=O)on1. The number of amides is 1. The molecule has 1 aliphatic rings. The zero-order valence-corrected chi connectivity index (χ0v) is 13.9. The summed E-state index contributed by atoms with van der Waals surface area (Å²) in [6.07, 6.45) is 2.89. The van der Waals surface area contributed by atoms with Crippen LogP contribution in [0.3, 0.4) is 0 Å². The van der Waals surface area contributed by atoms with Crippen LogP contribution >= 0.6 is 0 Å². The first kappa shape index (κ1) is 16.7. The van der Waals surface area contributed by atoms with Gasteiger partial charge in [-0.05, 0) is 18.8 Å². The van der Waals surface area contributed by atoms with Crippen molar-refractivity contribution in [1.82, 2.24) is 14.3 Å². The maximum atomic E-state index is 12.4. The fraction of sp³-hybridized carbons (Fsp3) is 0.438. The number of aromatic nitrogens is 3. The molecule has 25 heavy (non-hydrogen) atoms. The Morgan fingerprint density at radius 3 is 2.76 bits per heavy atom. The van der Waals surface area contributed by atoms with Crippen LogP contribution in [0.4, 0.5) is 5.88 Å². The van der Waals surface area contributed by atoms with Crippen molar-refractivity contribution in [3.63, 3.8) is 0 Å². The fourth-order valence-corrected chi connectivity index (χ4v) is 2.39. The molecule has 0 spiro atoms. The van der Waals surface area contributed by atoms with E-state index in [2.05, 4.69) is 10.5 Å². The number of nitriles is 1. The molecule has 0 aliphatic heterocycles. The molecule has 1 amide bonds. The first-order valence-corrected chi connectivity index (χ1v) is 7.93. The number of hydrogen-bond donors (Lipinski definition) is 1. The molecule has 130 valence electrons. The molecule has 0 unspecified atom stereocenters. The van der Waals surface area contributed by atoms with Crippen LogP contribution in [0.25, 0.3) is 0 Å². The van der Waals surface area contributed by atoms with E-state index in [1.807, 2.05) is 13.8 Å². The Hall–Kier alpha value is -3.15. The molecule has 9 heteroatoms. The second-order valence-electron chi connectivity index (χ2n) is 6.29. The van der Waals surface area contributed by atoms with Gasteiger partial charge in [-0.3, -0.25) is 19.5 Å². The lowest BCUT2D eigenvalue weighted by Crippen LogP contribution is -2.43. The van der Waals surface area contributed by atoms with E-state index in [0.29, 0.717) is 5.69 Å². The second-order valence-corrected chi connectivity index (χ2v) is 6.29. The zero-order chi connectivity index (χ0) is 18.1. The number of carbonyl (C=O) groups excluding carboxylic acids is 1. The maximum absolute atomic E-state index is 12.4. The Kier molecular flexibility index (Phi) is 4.27. The molecule has 1 aliphatic carbocycles. The van der Waals surface area contributed by atoms with Gasteiger partial charge in [0.1, 0.15) is 18.2 Å². The summed E-state index contributed by atoms with van der Waals surface area (Å²) in [5.74, 6) is -0.334. The van der Waals surface area contributed by atoms with Crippen molar-refractivity contribution < 1.29 is 9.32 Å². The van der Waals surface area contributed by atoms with Gasteiger partial charge in [-0.25, -0.2) is 9.36 Å². The largest absolute Gasteiger partial charge is 0.338 e. The van der Waals surface area contributed by atoms with E-state index in [0.717, 1.165) is 17.4 Å². The molecular formula is C16H17N5O4. The summed E-state index contributed by atoms with van der Waals surface area (Å²) < 4.78 is 7.12. The molecule has 9 nitrogen and oxygen atoms in total. The standard InChI is InChI=1S/C16H17N5O4/c1-9(2)12-5-14(25-19-12)18-13(22)8-21-15(23)10(6-17)7-20(16(21)24)11-3-4-11/h5,7,9,11H,3-4,8H2,1-2H3,(H,18,22). The minimum absolute atomic E-state index is 0.0163. The highest BCUT2D eigenvalue weighted by atomic mass is 16.5. The second kappa shape index (κ2) is 6.39. The number of hydrogen-bond acceptors (Lipinski definition) is 6. The van der Waals surface area contributed by atoms with E-state index >= 15 is 0 Å². The van der Waals surface area contributed by atoms with Crippen LogP contribution < -0.4 is 16.6 Å². The van der Waals surface area contributed by atoms with Crippen LogP contribution in [0.15, 0.2) is 26.4 Å². The lowest BCUT2D eigenvalue weighted by atomic mass is 10.1. The summed E-state index contributed by atoms with van der Waals surface area (Å²) in [6.45, 7) is 3.35. The summed E-state index contributed by atoms with van der Waals surface area (Å²) in [6, 6.07) is 3.34. The van der Waals surface area contributed by atoms with Crippen LogP contribution in [-0.4, -0.2) is 20.2 Å². The van der Waals surface area contributed by atoms with Gasteiger partial charge in [-0.15, -0.1) is 0 Å². The van der Waals surface area contributed by atoms with Crippen LogP contribution in [-0.2, 0) is 11.3 Å². The van der Waals surface area contributed by atoms with Crippen molar-refractivity contribution in [2.75, 3.05) is 5.32 Å². The monoisotopic (exact) mass is 343 g/mol. The van der Waals surface area contributed by atoms with Crippen LogP contribution in [0.5, 0.6) is 0 Å². The highest BCUT2D eigenvalue weighted by Crippen LogP contribution is 2.33. The summed E-state index contributed by atoms with van der Waals surface area (Å²) in [5.41, 5.74) is -0.863. The third kappa shape index (κ3) is 3.38. The first-order chi connectivity index (χ1) is 11.9. The topological polar surface area (TPSA) is 123 Å². The molecule has 3 rings (SSSR count). The predicted octanol–water partition coefficient (Wildman–Crippen LogP) is 0.967. The molecule has 2 aromatic heterocycles. The molecule has 1 fully saturated rings. The van der Waals surface area contributed by atoms with Crippen LogP contribution in [0.2, 0.25) is 0 Å². The molecule has 1 N–H and O–H groups in total. The van der Waals surface area contributed by atoms with Gasteiger partial charge < -0.3 is 4.52 Å². The van der Waals surface area contributed by atoms with Crippen molar-refractivity contribution in [2.45, 2.75) is 45.2 Å². The lowest BCUT2D eigenvalue weighted by Gasteiger charge is -2.09. The number of anilines is 1. The van der Waals surface area contributed by atoms with E-state index < -0.39 is 23.7 Å². The normalized spacial score (nSPS) is 13.7. The highest BCUT2D eigenvalue weighted by Gasteiger charge is 2.27. The third-order valence-corrected chi connectivity index (χ3v) is 3.94. The molecule has 0 atom stereocenters. The van der Waals surface area contributed by atoms with Crippen molar-refractivity contribution in [3.05, 3.63) is 44.4 Å². The van der Waals surface area contributed by atoms with Crippen molar-refractivity contribution >= 4 is 11.8 Å². The smallest absolute Gasteiger partial charge is 0.331 e. The van der Waals surface area contributed by atoms with Gasteiger partial charge in [-0.2, -0.15) is 5.26 Å². The number of nitrogens with zero attached hydrogens (tertiary/aromatic N) is 4. The summed E-state index contributed by atoms with van der Waals surface area (Å²) in [4.78, 5) is 36.8. The average Bonchev–Trinajstić information content (AvgIpc) is 3.30. The summed E-state index contributed by atoms with van der Waals surface area (Å²) >= 11 is 0. The maximum Gasteiger partial charge on any atom is 0.331 e. The van der Waals surface area contributed by atoms with Gasteiger partial charge in [0.05, 0.1) is 5.69 Å². The van der Waals surface area contributed by atoms with Gasteiger partial charge in [-0.1, -0.05) is 19.0 Å². The van der Waals surface area contributed by atoms with Gasteiger partial charge >= 0.3 is 5.69 Å². The van der Waals surface area contributed by atoms with E-state index in [1.54, 1.807) is 12.1 Å². The quantitative estimate of drug-likeness (QED) is 0.863. The highest BCUT2D eigenvalue weighted by molar-refractivity contribution is 5.89. The van der Waals surface area contributed by atoms with Crippen molar-refractivity contribution in [1.29, 1.82) is 5.26 Å². The molecule has 1 saturated carbocycles. The van der Waals surface area contributed by atoms with Gasteiger partial charge in [0.2, 0.25) is 11.8 Å². The van der Waals surface area contributed by atoms with E-state index in [-0.39, 0.29) is 23.4 Å². The first-order valence-electron chi connectivity index (χ1n) is 7.93.